The van der Waals surface area contributed by atoms with E-state index < -0.39 is 28.4 Å². The Morgan fingerprint density at radius 2 is 1.86 bits per heavy atom. The number of sulfone groups is 1. The van der Waals surface area contributed by atoms with Crippen molar-refractivity contribution in [3.63, 3.8) is 0 Å². The molecule has 1 aromatic rings. The molecule has 0 N–H and O–H groups in total. The van der Waals surface area contributed by atoms with E-state index >= 15 is 0 Å². The molecule has 1 amide bonds. The van der Waals surface area contributed by atoms with Crippen LogP contribution in [0, 0.1) is 0 Å². The summed E-state index contributed by atoms with van der Waals surface area (Å²) in [6, 6.07) is 5.35. The molecule has 11 heteroatoms. The van der Waals surface area contributed by atoms with Gasteiger partial charge in [-0.3, -0.25) is 0 Å². The zero-order valence-electron chi connectivity index (χ0n) is 16.7. The molecule has 0 radical (unpaired) electrons. The number of ether oxygens (including phenoxy) is 5. The monoisotopic (exact) mass is 431 g/mol. The van der Waals surface area contributed by atoms with E-state index in [2.05, 4.69) is 4.74 Å². The Balaban J connectivity index is 1.77. The summed E-state index contributed by atoms with van der Waals surface area (Å²) in [6.07, 6.45) is -1.44. The summed E-state index contributed by atoms with van der Waals surface area (Å²) in [6.45, 7) is 3.04. The van der Waals surface area contributed by atoms with E-state index in [1.165, 1.54) is 11.8 Å². The first-order chi connectivity index (χ1) is 13.5. The molecule has 0 bridgehead atoms. The fraction of sp³-hybridized carbons (Fsp3) is 0.556. The lowest BCUT2D eigenvalue weighted by Crippen LogP contribution is -2.39. The summed E-state index contributed by atoms with van der Waals surface area (Å²) in [4.78, 5) is 25.1. The van der Waals surface area contributed by atoms with Crippen LogP contribution in [0.5, 0.6) is 11.5 Å². The molecule has 0 aliphatic carbocycles. The third-order valence-corrected chi connectivity index (χ3v) is 5.03. The molecule has 1 aromatic carbocycles. The lowest BCUT2D eigenvalue weighted by atomic mass is 10.1. The number of fused-ring (bicyclic) bond motifs is 1. The number of amides is 1. The lowest BCUT2D eigenvalue weighted by Gasteiger charge is -2.26. The van der Waals surface area contributed by atoms with Crippen LogP contribution in [0.3, 0.4) is 0 Å². The van der Waals surface area contributed by atoms with Crippen LogP contribution >= 0.6 is 0 Å². The zero-order chi connectivity index (χ0) is 21.6. The summed E-state index contributed by atoms with van der Waals surface area (Å²) < 4.78 is 47.1. The molecule has 0 fully saturated rings. The van der Waals surface area contributed by atoms with Crippen molar-refractivity contribution < 1.29 is 41.7 Å². The van der Waals surface area contributed by atoms with Crippen LogP contribution in [0.2, 0.25) is 0 Å². The van der Waals surface area contributed by atoms with Gasteiger partial charge in [-0.25, -0.2) is 18.0 Å². The molecule has 2 rings (SSSR count). The van der Waals surface area contributed by atoms with Crippen molar-refractivity contribution in [1.29, 1.82) is 0 Å². The van der Waals surface area contributed by atoms with E-state index in [4.69, 9.17) is 18.9 Å². The number of nitrogens with zero attached hydrogens (tertiary/aromatic N) is 1. The Kier molecular flexibility index (Phi) is 7.54. The average Bonchev–Trinajstić information content (AvgIpc) is 3.07. The van der Waals surface area contributed by atoms with Gasteiger partial charge in [0.25, 0.3) is 0 Å². The Hall–Kier alpha value is -2.69. The van der Waals surface area contributed by atoms with Crippen LogP contribution < -0.4 is 9.47 Å². The van der Waals surface area contributed by atoms with E-state index in [-0.39, 0.29) is 25.2 Å². The third-order valence-electron chi connectivity index (χ3n) is 4.12. The van der Waals surface area contributed by atoms with Crippen molar-refractivity contribution in [1.82, 2.24) is 4.90 Å². The van der Waals surface area contributed by atoms with Crippen molar-refractivity contribution in [2.45, 2.75) is 32.6 Å². The van der Waals surface area contributed by atoms with E-state index in [0.717, 1.165) is 11.8 Å². The summed E-state index contributed by atoms with van der Waals surface area (Å²) in [5, 5.41) is 0. The number of carbonyl (C=O) groups excluding carboxylic acids is 2. The van der Waals surface area contributed by atoms with E-state index in [1.807, 2.05) is 25.1 Å². The second kappa shape index (κ2) is 9.68. The quantitative estimate of drug-likeness (QED) is 0.449. The largest absolute Gasteiger partial charge is 0.511 e. The highest BCUT2D eigenvalue weighted by molar-refractivity contribution is 7.90. The van der Waals surface area contributed by atoms with Gasteiger partial charge in [-0.05, 0) is 31.0 Å². The number of hydrogen-bond acceptors (Lipinski definition) is 9. The predicted molar refractivity (Wildman–Crippen MR) is 102 cm³/mol. The second-order valence-electron chi connectivity index (χ2n) is 6.65. The van der Waals surface area contributed by atoms with Gasteiger partial charge < -0.3 is 28.6 Å². The first kappa shape index (κ1) is 22.6. The second-order valence-corrected chi connectivity index (χ2v) is 8.91. The van der Waals surface area contributed by atoms with Crippen molar-refractivity contribution in [2.24, 2.45) is 0 Å². The summed E-state index contributed by atoms with van der Waals surface area (Å²) in [5.74, 6) is 1.02. The molecular formula is C18H25NO9S. The average molecular weight is 431 g/mol. The van der Waals surface area contributed by atoms with Crippen molar-refractivity contribution in [2.75, 3.05) is 32.5 Å². The number of hydrogen-bond donors (Lipinski definition) is 0. The Morgan fingerprint density at radius 1 is 1.17 bits per heavy atom. The van der Waals surface area contributed by atoms with Crippen LogP contribution in [0.1, 0.15) is 19.4 Å². The normalized spacial score (nSPS) is 14.6. The van der Waals surface area contributed by atoms with Gasteiger partial charge in [0.1, 0.15) is 6.61 Å². The summed E-state index contributed by atoms with van der Waals surface area (Å²) in [7, 11) is -1.69. The van der Waals surface area contributed by atoms with Crippen molar-refractivity contribution in [3.8, 4) is 11.5 Å². The zero-order valence-corrected chi connectivity index (χ0v) is 17.6. The van der Waals surface area contributed by atoms with Gasteiger partial charge in [-0.15, -0.1) is 0 Å². The molecule has 0 saturated heterocycles. The minimum atomic E-state index is -3.26. The third kappa shape index (κ3) is 7.33. The SMILES string of the molecule is CC(OC(=O)OCCS(C)(=O)=O)OC(=O)N(C)C(C)Cc1ccc2c(c1)OCO2. The molecule has 2 atom stereocenters. The minimum Gasteiger partial charge on any atom is -0.454 e. The molecule has 1 aliphatic rings. The van der Waals surface area contributed by atoms with Gasteiger partial charge in [-0.1, -0.05) is 6.07 Å². The highest BCUT2D eigenvalue weighted by Crippen LogP contribution is 2.32. The van der Waals surface area contributed by atoms with Gasteiger partial charge in [-0.2, -0.15) is 0 Å². The maximum atomic E-state index is 12.2. The van der Waals surface area contributed by atoms with E-state index in [0.29, 0.717) is 17.9 Å². The molecule has 0 spiro atoms. The fourth-order valence-corrected chi connectivity index (χ4v) is 2.81. The Labute approximate surface area is 169 Å². The Bertz CT molecular complexity index is 840. The molecule has 2 unspecified atom stereocenters. The molecule has 0 saturated carbocycles. The first-order valence-electron chi connectivity index (χ1n) is 8.88. The van der Waals surface area contributed by atoms with Crippen molar-refractivity contribution >= 4 is 22.1 Å². The van der Waals surface area contributed by atoms with E-state index in [1.54, 1.807) is 7.05 Å². The minimum absolute atomic E-state index is 0.190. The number of likely N-dealkylation sites (N-methyl/N-ethyl adjacent to an activating group) is 1. The van der Waals surface area contributed by atoms with Crippen molar-refractivity contribution in [3.05, 3.63) is 23.8 Å². The number of rotatable bonds is 8. The highest BCUT2D eigenvalue weighted by atomic mass is 32.2. The van der Waals surface area contributed by atoms with Gasteiger partial charge in [0.05, 0.1) is 5.75 Å². The predicted octanol–water partition coefficient (Wildman–Crippen LogP) is 1.96. The van der Waals surface area contributed by atoms with Gasteiger partial charge in [0.2, 0.25) is 13.1 Å². The van der Waals surface area contributed by atoms with Crippen LogP contribution in [-0.2, 0) is 30.5 Å². The molecule has 162 valence electrons. The topological polar surface area (TPSA) is 118 Å². The summed E-state index contributed by atoms with van der Waals surface area (Å²) >= 11 is 0. The summed E-state index contributed by atoms with van der Waals surface area (Å²) in [5.41, 5.74) is 0.958. The highest BCUT2D eigenvalue weighted by Gasteiger charge is 2.23. The van der Waals surface area contributed by atoms with Gasteiger partial charge in [0, 0.05) is 26.3 Å². The first-order valence-corrected chi connectivity index (χ1v) is 10.9. The van der Waals surface area contributed by atoms with E-state index in [9.17, 15) is 18.0 Å². The maximum absolute atomic E-state index is 12.2. The lowest BCUT2D eigenvalue weighted by molar-refractivity contribution is -0.0820. The smallest absolute Gasteiger partial charge is 0.454 e. The molecule has 1 heterocycles. The number of benzene rings is 1. The standard InChI is InChI=1S/C18H25NO9S/c1-12(9-14-5-6-15-16(10-14)26-11-25-15)19(3)17(20)27-13(2)28-18(21)24-7-8-29(4,22)23/h5-6,10,12-13H,7-9,11H2,1-4H3. The van der Waals surface area contributed by atoms with Crippen LogP contribution in [0.15, 0.2) is 18.2 Å². The Morgan fingerprint density at radius 3 is 2.55 bits per heavy atom. The molecule has 1 aliphatic heterocycles. The van der Waals surface area contributed by atoms with Gasteiger partial charge in [0.15, 0.2) is 21.3 Å². The number of carbonyl (C=O) groups is 2. The maximum Gasteiger partial charge on any atom is 0.511 e. The fourth-order valence-electron chi connectivity index (χ4n) is 2.42. The molecule has 0 aromatic heterocycles. The molecule has 10 nitrogen and oxygen atoms in total. The van der Waals surface area contributed by atoms with Crippen LogP contribution in [0.25, 0.3) is 0 Å². The van der Waals surface area contributed by atoms with Gasteiger partial charge >= 0.3 is 12.2 Å². The van der Waals surface area contributed by atoms with Crippen LogP contribution in [0.4, 0.5) is 9.59 Å². The van der Waals surface area contributed by atoms with Crippen LogP contribution in [-0.4, -0.2) is 70.4 Å². The molecular weight excluding hydrogens is 406 g/mol. The molecule has 29 heavy (non-hydrogen) atoms.